The summed E-state index contributed by atoms with van der Waals surface area (Å²) in [6.07, 6.45) is 5.89. The van der Waals surface area contributed by atoms with Crippen molar-refractivity contribution in [2.24, 2.45) is 5.41 Å². The fraction of sp³-hybridized carbons (Fsp3) is 1.00. The predicted octanol–water partition coefficient (Wildman–Crippen LogP) is 3.35. The first-order valence-electron chi connectivity index (χ1n) is 4.79. The number of hydrogen-bond donors (Lipinski definition) is 1. The van der Waals surface area contributed by atoms with E-state index in [1.165, 1.54) is 19.3 Å². The lowest BCUT2D eigenvalue weighted by Crippen LogP contribution is -2.11. The second-order valence-electron chi connectivity index (χ2n) is 4.14. The average molecular weight is 237 g/mol. The summed E-state index contributed by atoms with van der Waals surface area (Å²) in [4.78, 5) is 0. The summed E-state index contributed by atoms with van der Waals surface area (Å²) in [5.41, 5.74) is 0.461. The van der Waals surface area contributed by atoms with Crippen molar-refractivity contribution >= 4 is 15.9 Å². The van der Waals surface area contributed by atoms with Crippen LogP contribution >= 0.6 is 15.9 Å². The number of unbranched alkanes of at least 4 members (excludes halogenated alkanes) is 1. The average Bonchev–Trinajstić information content (AvgIpc) is 2.01. The van der Waals surface area contributed by atoms with E-state index in [9.17, 15) is 0 Å². The van der Waals surface area contributed by atoms with Crippen molar-refractivity contribution in [1.82, 2.24) is 0 Å². The van der Waals surface area contributed by atoms with Crippen LogP contribution < -0.4 is 0 Å². The van der Waals surface area contributed by atoms with E-state index in [1.54, 1.807) is 0 Å². The van der Waals surface area contributed by atoms with Crippen LogP contribution in [0.5, 0.6) is 0 Å². The van der Waals surface area contributed by atoms with E-state index < -0.39 is 0 Å². The lowest BCUT2D eigenvalue weighted by molar-refractivity contribution is 0.251. The van der Waals surface area contributed by atoms with Crippen LogP contribution in [0.4, 0.5) is 0 Å². The predicted molar refractivity (Wildman–Crippen MR) is 57.7 cm³/mol. The van der Waals surface area contributed by atoms with E-state index >= 15 is 0 Å². The molecule has 0 spiro atoms. The van der Waals surface area contributed by atoms with Crippen LogP contribution in [-0.4, -0.2) is 17.0 Å². The molecule has 0 bridgehead atoms. The van der Waals surface area contributed by atoms with Gasteiger partial charge in [-0.15, -0.1) is 0 Å². The SMILES string of the molecule is CC(C)(CCCBr)CCCCO. The number of rotatable bonds is 7. The summed E-state index contributed by atoms with van der Waals surface area (Å²) >= 11 is 3.44. The molecule has 0 saturated carbocycles. The smallest absolute Gasteiger partial charge is 0.0431 e. The third-order valence-electron chi connectivity index (χ3n) is 2.25. The van der Waals surface area contributed by atoms with Crippen molar-refractivity contribution < 1.29 is 5.11 Å². The first kappa shape index (κ1) is 12.4. The Labute approximate surface area is 84.7 Å². The molecule has 1 nitrogen and oxygen atoms in total. The molecule has 1 N–H and O–H groups in total. The van der Waals surface area contributed by atoms with E-state index in [0.717, 1.165) is 18.2 Å². The Morgan fingerprint density at radius 2 is 1.67 bits per heavy atom. The Hall–Kier alpha value is 0.440. The van der Waals surface area contributed by atoms with Gasteiger partial charge in [-0.2, -0.15) is 0 Å². The summed E-state index contributed by atoms with van der Waals surface area (Å²) in [5, 5.41) is 9.74. The Balaban J connectivity index is 3.42. The first-order chi connectivity index (χ1) is 5.62. The highest BCUT2D eigenvalue weighted by Crippen LogP contribution is 2.28. The largest absolute Gasteiger partial charge is 0.396 e. The number of halogens is 1. The third-order valence-corrected chi connectivity index (χ3v) is 2.81. The normalized spacial score (nSPS) is 12.0. The molecule has 0 aromatic heterocycles. The summed E-state index contributed by atoms with van der Waals surface area (Å²) in [5.74, 6) is 0. The zero-order chi connectivity index (χ0) is 9.45. The van der Waals surface area contributed by atoms with Gasteiger partial charge in [0.1, 0.15) is 0 Å². The summed E-state index contributed by atoms with van der Waals surface area (Å²) in [6.45, 7) is 4.97. The maximum Gasteiger partial charge on any atom is 0.0431 e. The monoisotopic (exact) mass is 236 g/mol. The van der Waals surface area contributed by atoms with E-state index in [1.807, 2.05) is 0 Å². The molecule has 0 heterocycles. The Bertz CT molecular complexity index is 102. The zero-order valence-electron chi connectivity index (χ0n) is 8.27. The molecule has 74 valence electrons. The molecule has 0 rings (SSSR count). The maximum absolute atomic E-state index is 8.63. The van der Waals surface area contributed by atoms with E-state index in [0.29, 0.717) is 12.0 Å². The second kappa shape index (κ2) is 6.90. The van der Waals surface area contributed by atoms with Crippen LogP contribution in [0.3, 0.4) is 0 Å². The van der Waals surface area contributed by atoms with Gasteiger partial charge in [0.15, 0.2) is 0 Å². The first-order valence-corrected chi connectivity index (χ1v) is 5.91. The van der Waals surface area contributed by atoms with Gasteiger partial charge in [0.2, 0.25) is 0 Å². The van der Waals surface area contributed by atoms with Crippen LogP contribution in [0, 0.1) is 5.41 Å². The summed E-state index contributed by atoms with van der Waals surface area (Å²) < 4.78 is 0. The van der Waals surface area contributed by atoms with Gasteiger partial charge < -0.3 is 5.11 Å². The minimum Gasteiger partial charge on any atom is -0.396 e. The molecular weight excluding hydrogens is 216 g/mol. The fourth-order valence-electron chi connectivity index (χ4n) is 1.39. The number of aliphatic hydroxyl groups is 1. The molecule has 12 heavy (non-hydrogen) atoms. The molecule has 0 aromatic rings. The van der Waals surface area contributed by atoms with Crippen molar-refractivity contribution in [2.75, 3.05) is 11.9 Å². The second-order valence-corrected chi connectivity index (χ2v) is 4.93. The molecular formula is C10H21BrO. The highest BCUT2D eigenvalue weighted by Gasteiger charge is 2.15. The Morgan fingerprint density at radius 3 is 2.17 bits per heavy atom. The van der Waals surface area contributed by atoms with E-state index in [2.05, 4.69) is 29.8 Å². The fourth-order valence-corrected chi connectivity index (χ4v) is 1.67. The Morgan fingerprint density at radius 1 is 1.08 bits per heavy atom. The lowest BCUT2D eigenvalue weighted by Gasteiger charge is -2.23. The van der Waals surface area contributed by atoms with Crippen molar-refractivity contribution in [3.63, 3.8) is 0 Å². The van der Waals surface area contributed by atoms with Crippen molar-refractivity contribution in [3.8, 4) is 0 Å². The number of alkyl halides is 1. The minimum absolute atomic E-state index is 0.342. The van der Waals surface area contributed by atoms with Gasteiger partial charge >= 0.3 is 0 Å². The molecule has 0 saturated heterocycles. The van der Waals surface area contributed by atoms with E-state index in [-0.39, 0.29) is 0 Å². The van der Waals surface area contributed by atoms with Crippen molar-refractivity contribution in [3.05, 3.63) is 0 Å². The molecule has 0 aliphatic rings. The van der Waals surface area contributed by atoms with Crippen LogP contribution in [-0.2, 0) is 0 Å². The summed E-state index contributed by atoms with van der Waals surface area (Å²) in [7, 11) is 0. The van der Waals surface area contributed by atoms with Gasteiger partial charge in [0.05, 0.1) is 0 Å². The zero-order valence-corrected chi connectivity index (χ0v) is 9.86. The van der Waals surface area contributed by atoms with Crippen molar-refractivity contribution in [1.29, 1.82) is 0 Å². The maximum atomic E-state index is 8.63. The molecule has 0 radical (unpaired) electrons. The third kappa shape index (κ3) is 7.11. The van der Waals surface area contributed by atoms with Crippen LogP contribution in [0.1, 0.15) is 46.0 Å². The topological polar surface area (TPSA) is 20.2 Å². The number of hydrogen-bond acceptors (Lipinski definition) is 1. The van der Waals surface area contributed by atoms with Crippen molar-refractivity contribution in [2.45, 2.75) is 46.0 Å². The standard InChI is InChI=1S/C10H21BrO/c1-10(2,7-5-8-11)6-3-4-9-12/h12H,3-9H2,1-2H3. The van der Waals surface area contributed by atoms with Gasteiger partial charge in [-0.3, -0.25) is 0 Å². The lowest BCUT2D eigenvalue weighted by atomic mass is 9.83. The van der Waals surface area contributed by atoms with Gasteiger partial charge in [0.25, 0.3) is 0 Å². The van der Waals surface area contributed by atoms with Crippen LogP contribution in [0.25, 0.3) is 0 Å². The minimum atomic E-state index is 0.342. The molecule has 2 heteroatoms. The molecule has 0 fully saturated rings. The van der Waals surface area contributed by atoms with Crippen LogP contribution in [0.2, 0.25) is 0 Å². The highest BCUT2D eigenvalue weighted by molar-refractivity contribution is 9.09. The molecule has 0 aliphatic heterocycles. The molecule has 0 aromatic carbocycles. The Kier molecular flexibility index (Phi) is 7.16. The van der Waals surface area contributed by atoms with Gasteiger partial charge in [0, 0.05) is 11.9 Å². The van der Waals surface area contributed by atoms with E-state index in [4.69, 9.17) is 5.11 Å². The summed E-state index contributed by atoms with van der Waals surface area (Å²) in [6, 6.07) is 0. The molecule has 0 aliphatic carbocycles. The highest BCUT2D eigenvalue weighted by atomic mass is 79.9. The van der Waals surface area contributed by atoms with Gasteiger partial charge in [-0.25, -0.2) is 0 Å². The van der Waals surface area contributed by atoms with Gasteiger partial charge in [-0.1, -0.05) is 36.2 Å². The quantitative estimate of drug-likeness (QED) is 0.531. The molecule has 0 amide bonds. The van der Waals surface area contributed by atoms with Gasteiger partial charge in [-0.05, 0) is 31.1 Å². The van der Waals surface area contributed by atoms with Crippen LogP contribution in [0.15, 0.2) is 0 Å². The number of aliphatic hydroxyl groups excluding tert-OH is 1. The molecule has 0 unspecified atom stereocenters. The molecule has 0 atom stereocenters.